The summed E-state index contributed by atoms with van der Waals surface area (Å²) in [6, 6.07) is 11.1. The molecule has 41 heavy (non-hydrogen) atoms. The van der Waals surface area contributed by atoms with Crippen molar-refractivity contribution in [1.82, 2.24) is 30.1 Å². The maximum absolute atomic E-state index is 12.4. The van der Waals surface area contributed by atoms with E-state index in [1.54, 1.807) is 42.0 Å². The van der Waals surface area contributed by atoms with Gasteiger partial charge in [-0.05, 0) is 18.2 Å². The molecule has 4 rings (SSSR count). The van der Waals surface area contributed by atoms with Crippen molar-refractivity contribution >= 4 is 35.1 Å². The average Bonchev–Trinajstić information content (AvgIpc) is 3.34. The molecule has 12 nitrogen and oxygen atoms in total. The van der Waals surface area contributed by atoms with Crippen molar-refractivity contribution in [2.75, 3.05) is 25.0 Å². The fourth-order valence-electron chi connectivity index (χ4n) is 4.23. The zero-order chi connectivity index (χ0) is 29.6. The van der Waals surface area contributed by atoms with Crippen LogP contribution in [-0.4, -0.2) is 69.0 Å². The van der Waals surface area contributed by atoms with E-state index in [1.165, 1.54) is 21.7 Å². The largest absolute Gasteiger partial charge is 0.405 e. The Kier molecular flexibility index (Phi) is 8.19. The van der Waals surface area contributed by atoms with Gasteiger partial charge in [0.25, 0.3) is 0 Å². The second kappa shape index (κ2) is 11.7. The second-order valence-corrected chi connectivity index (χ2v) is 9.25. The number of alkyl halides is 3. The number of likely N-dealkylation sites (tertiary alicyclic amines) is 1. The molecule has 0 atom stereocenters. The lowest BCUT2D eigenvalue weighted by molar-refractivity contribution is -0.138. The van der Waals surface area contributed by atoms with Crippen molar-refractivity contribution in [3.63, 3.8) is 0 Å². The van der Waals surface area contributed by atoms with Crippen LogP contribution in [0.25, 0.3) is 22.5 Å². The number of allylic oxidation sites excluding steroid dienone is 1. The molecule has 1 saturated heterocycles. The van der Waals surface area contributed by atoms with Gasteiger partial charge in [0, 0.05) is 47.9 Å². The van der Waals surface area contributed by atoms with Gasteiger partial charge in [-0.2, -0.15) is 28.8 Å². The SMILES string of the molecule is N#CCC(=O)N1CC(CC#N)(N/C=C(\C=N)c2cnn3c(-c4cccc(NC(=O)NCC(F)(F)F)c4)cnc3c2)C1. The van der Waals surface area contributed by atoms with Crippen LogP contribution in [-0.2, 0) is 4.79 Å². The minimum atomic E-state index is -4.53. The fourth-order valence-corrected chi connectivity index (χ4v) is 4.23. The highest BCUT2D eigenvalue weighted by molar-refractivity contribution is 6.08. The minimum Gasteiger partial charge on any atom is -0.380 e. The van der Waals surface area contributed by atoms with Gasteiger partial charge in [0.15, 0.2) is 5.65 Å². The molecule has 2 aromatic heterocycles. The molecule has 0 bridgehead atoms. The number of imidazole rings is 1. The molecule has 4 N–H and O–H groups in total. The Bertz CT molecular complexity index is 1590. The number of nitriles is 2. The molecular weight excluding hydrogens is 541 g/mol. The van der Waals surface area contributed by atoms with Gasteiger partial charge in [0.1, 0.15) is 13.0 Å². The summed E-state index contributed by atoms with van der Waals surface area (Å²) in [4.78, 5) is 29.6. The molecule has 1 aliphatic heterocycles. The molecule has 0 aliphatic carbocycles. The summed E-state index contributed by atoms with van der Waals surface area (Å²) in [5.74, 6) is -0.310. The molecule has 210 valence electrons. The van der Waals surface area contributed by atoms with Crippen LogP contribution in [0.5, 0.6) is 0 Å². The summed E-state index contributed by atoms with van der Waals surface area (Å²) in [5, 5.41) is 37.6. The van der Waals surface area contributed by atoms with Crippen LogP contribution < -0.4 is 16.0 Å². The fraction of sp³-hybridized carbons (Fsp3) is 0.269. The molecule has 1 aromatic carbocycles. The Morgan fingerprint density at radius 3 is 2.63 bits per heavy atom. The molecule has 0 radical (unpaired) electrons. The first-order valence-corrected chi connectivity index (χ1v) is 12.1. The van der Waals surface area contributed by atoms with E-state index in [1.807, 2.05) is 6.07 Å². The molecule has 3 amide bonds. The molecule has 1 fully saturated rings. The summed E-state index contributed by atoms with van der Waals surface area (Å²) >= 11 is 0. The first-order chi connectivity index (χ1) is 19.6. The molecule has 15 heteroatoms. The Morgan fingerprint density at radius 2 is 1.95 bits per heavy atom. The number of rotatable bonds is 9. The number of carbonyl (C=O) groups is 2. The van der Waals surface area contributed by atoms with Crippen LogP contribution in [0.1, 0.15) is 18.4 Å². The summed E-state index contributed by atoms with van der Waals surface area (Å²) in [7, 11) is 0. The molecule has 1 aliphatic rings. The van der Waals surface area contributed by atoms with Crippen molar-refractivity contribution in [3.05, 3.63) is 54.5 Å². The topological polar surface area (TPSA) is 175 Å². The van der Waals surface area contributed by atoms with Crippen LogP contribution in [0, 0.1) is 28.1 Å². The van der Waals surface area contributed by atoms with Crippen LogP contribution in [0.4, 0.5) is 23.7 Å². The van der Waals surface area contributed by atoms with E-state index < -0.39 is 24.3 Å². The first kappa shape index (κ1) is 28.6. The number of nitrogens with one attached hydrogen (secondary N) is 4. The van der Waals surface area contributed by atoms with Gasteiger partial charge in [-0.3, -0.25) is 4.79 Å². The standard InChI is InChI=1S/C26H23F3N10O2/c27-26(28,29)14-34-24(41)37-20-3-1-2-17(8-20)21-13-33-22-9-18(12-36-39(21)22)19(10-32)11-35-25(5-7-31)15-38(16-25)23(40)4-6-30/h1-3,8-13,32,35H,4-5,14-16H2,(H2,34,37,41)/b19-11+,32-10?. The Labute approximate surface area is 231 Å². The quantitative estimate of drug-likeness (QED) is 0.289. The smallest absolute Gasteiger partial charge is 0.380 e. The number of nitrogens with zero attached hydrogens (tertiary/aromatic N) is 6. The zero-order valence-electron chi connectivity index (χ0n) is 21.4. The molecule has 0 unspecified atom stereocenters. The number of halogens is 3. The predicted octanol–water partition coefficient (Wildman–Crippen LogP) is 3.07. The lowest BCUT2D eigenvalue weighted by atomic mass is 9.86. The molecule has 0 spiro atoms. The van der Waals surface area contributed by atoms with Gasteiger partial charge < -0.3 is 26.3 Å². The van der Waals surface area contributed by atoms with Gasteiger partial charge >= 0.3 is 12.2 Å². The zero-order valence-corrected chi connectivity index (χ0v) is 21.4. The number of carbonyl (C=O) groups excluding carboxylic acids is 2. The molecular formula is C26H23F3N10O2. The van der Waals surface area contributed by atoms with Gasteiger partial charge in [-0.1, -0.05) is 12.1 Å². The third-order valence-electron chi connectivity index (χ3n) is 6.24. The number of fused-ring (bicyclic) bond motifs is 1. The van der Waals surface area contributed by atoms with E-state index in [4.69, 9.17) is 10.7 Å². The van der Waals surface area contributed by atoms with Gasteiger partial charge in [-0.15, -0.1) is 0 Å². The van der Waals surface area contributed by atoms with E-state index in [0.29, 0.717) is 28.0 Å². The molecule has 3 heterocycles. The van der Waals surface area contributed by atoms with Gasteiger partial charge in [-0.25, -0.2) is 14.3 Å². The number of benzene rings is 1. The van der Waals surface area contributed by atoms with Crippen molar-refractivity contribution in [1.29, 1.82) is 15.9 Å². The number of hydrogen-bond acceptors (Lipinski definition) is 8. The second-order valence-electron chi connectivity index (χ2n) is 9.25. The monoisotopic (exact) mass is 564 g/mol. The van der Waals surface area contributed by atoms with Crippen LogP contribution in [0.3, 0.4) is 0 Å². The molecule has 3 aromatic rings. The van der Waals surface area contributed by atoms with E-state index in [0.717, 1.165) is 6.21 Å². The normalized spacial score (nSPS) is 14.4. The number of aromatic nitrogens is 3. The van der Waals surface area contributed by atoms with Crippen molar-refractivity contribution in [3.8, 4) is 23.4 Å². The lowest BCUT2D eigenvalue weighted by Gasteiger charge is -2.49. The number of anilines is 1. The summed E-state index contributed by atoms with van der Waals surface area (Å²) in [6.07, 6.45) is 1.10. The van der Waals surface area contributed by atoms with Gasteiger partial charge in [0.05, 0.1) is 42.2 Å². The van der Waals surface area contributed by atoms with E-state index >= 15 is 0 Å². The van der Waals surface area contributed by atoms with E-state index in [-0.39, 0.29) is 37.5 Å². The van der Waals surface area contributed by atoms with Crippen LogP contribution >= 0.6 is 0 Å². The number of amides is 3. The summed E-state index contributed by atoms with van der Waals surface area (Å²) in [6.45, 7) is -0.956. The Hall–Kier alpha value is -5.44. The molecule has 0 saturated carbocycles. The average molecular weight is 565 g/mol. The van der Waals surface area contributed by atoms with Crippen LogP contribution in [0.2, 0.25) is 0 Å². The third kappa shape index (κ3) is 6.77. The summed E-state index contributed by atoms with van der Waals surface area (Å²) in [5.41, 5.74) is 2.15. The maximum Gasteiger partial charge on any atom is 0.405 e. The van der Waals surface area contributed by atoms with E-state index in [9.17, 15) is 28.0 Å². The van der Waals surface area contributed by atoms with Crippen molar-refractivity contribution in [2.24, 2.45) is 0 Å². The number of hydrogen-bond donors (Lipinski definition) is 4. The van der Waals surface area contributed by atoms with Crippen LogP contribution in [0.15, 0.2) is 48.9 Å². The Balaban J connectivity index is 1.50. The predicted molar refractivity (Wildman–Crippen MR) is 141 cm³/mol. The van der Waals surface area contributed by atoms with Gasteiger partial charge in [0.2, 0.25) is 5.91 Å². The first-order valence-electron chi connectivity index (χ1n) is 12.1. The summed E-state index contributed by atoms with van der Waals surface area (Å²) < 4.78 is 38.6. The maximum atomic E-state index is 12.4. The third-order valence-corrected chi connectivity index (χ3v) is 6.24. The highest BCUT2D eigenvalue weighted by atomic mass is 19.4. The number of urea groups is 1. The highest BCUT2D eigenvalue weighted by Gasteiger charge is 2.44. The minimum absolute atomic E-state index is 0.115. The van der Waals surface area contributed by atoms with Crippen molar-refractivity contribution < 1.29 is 22.8 Å². The Morgan fingerprint density at radius 1 is 1.17 bits per heavy atom. The van der Waals surface area contributed by atoms with E-state index in [2.05, 4.69) is 26.8 Å². The van der Waals surface area contributed by atoms with Crippen molar-refractivity contribution in [2.45, 2.75) is 24.6 Å². The highest BCUT2D eigenvalue weighted by Crippen LogP contribution is 2.27. The lowest BCUT2D eigenvalue weighted by Crippen LogP contribution is -2.69.